The quantitative estimate of drug-likeness (QED) is 0.770. The molecule has 2 rings (SSSR count). The van der Waals surface area contributed by atoms with Crippen LogP contribution in [0.3, 0.4) is 0 Å². The zero-order chi connectivity index (χ0) is 12.3. The molecular formula is C13H23NO2S. The molecule has 1 unspecified atom stereocenters. The fraction of sp³-hybridized carbons (Fsp3) is 0.923. The van der Waals surface area contributed by atoms with E-state index < -0.39 is 0 Å². The summed E-state index contributed by atoms with van der Waals surface area (Å²) in [5, 5.41) is 3.23. The van der Waals surface area contributed by atoms with Crippen molar-refractivity contribution in [2.75, 3.05) is 18.1 Å². The number of carbonyl (C=O) groups excluding carboxylic acids is 1. The Morgan fingerprint density at radius 1 is 1.35 bits per heavy atom. The van der Waals surface area contributed by atoms with E-state index in [1.54, 1.807) is 0 Å². The zero-order valence-corrected chi connectivity index (χ0v) is 11.6. The molecule has 98 valence electrons. The SMILES string of the molecule is CC1(C)CCC(OC(=O)C2CSCCN2)CC1. The smallest absolute Gasteiger partial charge is 0.324 e. The maximum absolute atomic E-state index is 11.9. The molecule has 0 aromatic carbocycles. The molecule has 0 spiro atoms. The predicted molar refractivity (Wildman–Crippen MR) is 71.2 cm³/mol. The molecule has 1 aliphatic heterocycles. The van der Waals surface area contributed by atoms with Gasteiger partial charge in [-0.3, -0.25) is 4.79 Å². The van der Waals surface area contributed by atoms with Gasteiger partial charge in [-0.1, -0.05) is 13.8 Å². The van der Waals surface area contributed by atoms with Crippen molar-refractivity contribution < 1.29 is 9.53 Å². The molecular weight excluding hydrogens is 234 g/mol. The molecule has 0 amide bonds. The second-order valence-corrected chi connectivity index (χ2v) is 7.03. The molecule has 1 atom stereocenters. The summed E-state index contributed by atoms with van der Waals surface area (Å²) in [5.41, 5.74) is 0.432. The monoisotopic (exact) mass is 257 g/mol. The van der Waals surface area contributed by atoms with Crippen LogP contribution in [-0.2, 0) is 9.53 Å². The number of nitrogens with one attached hydrogen (secondary N) is 1. The molecule has 3 nitrogen and oxygen atoms in total. The topological polar surface area (TPSA) is 38.3 Å². The summed E-state index contributed by atoms with van der Waals surface area (Å²) in [5.74, 6) is 1.92. The van der Waals surface area contributed by atoms with Gasteiger partial charge in [0.2, 0.25) is 0 Å². The minimum atomic E-state index is -0.0799. The van der Waals surface area contributed by atoms with E-state index in [-0.39, 0.29) is 18.1 Å². The zero-order valence-electron chi connectivity index (χ0n) is 10.8. The third-order valence-corrected chi connectivity index (χ3v) is 4.84. The van der Waals surface area contributed by atoms with Gasteiger partial charge in [-0.15, -0.1) is 0 Å². The number of esters is 1. The summed E-state index contributed by atoms with van der Waals surface area (Å²) in [4.78, 5) is 11.9. The van der Waals surface area contributed by atoms with Crippen LogP contribution in [-0.4, -0.2) is 36.2 Å². The molecule has 0 bridgehead atoms. The van der Waals surface area contributed by atoms with Crippen molar-refractivity contribution in [2.24, 2.45) is 5.41 Å². The highest BCUT2D eigenvalue weighted by Gasteiger charge is 2.31. The molecule has 1 aliphatic carbocycles. The van der Waals surface area contributed by atoms with E-state index in [0.717, 1.165) is 43.7 Å². The summed E-state index contributed by atoms with van der Waals surface area (Å²) in [6.45, 7) is 5.51. The van der Waals surface area contributed by atoms with E-state index >= 15 is 0 Å². The van der Waals surface area contributed by atoms with Crippen molar-refractivity contribution in [1.82, 2.24) is 5.32 Å². The van der Waals surface area contributed by atoms with Gasteiger partial charge in [0.05, 0.1) is 0 Å². The first-order chi connectivity index (χ1) is 8.07. The number of thioether (sulfide) groups is 1. The minimum Gasteiger partial charge on any atom is -0.461 e. The summed E-state index contributed by atoms with van der Waals surface area (Å²) in [6, 6.07) is -0.0799. The molecule has 2 fully saturated rings. The Labute approximate surface area is 108 Å². The van der Waals surface area contributed by atoms with Crippen molar-refractivity contribution in [1.29, 1.82) is 0 Å². The third-order valence-electron chi connectivity index (χ3n) is 3.78. The third kappa shape index (κ3) is 3.88. The Hall–Kier alpha value is -0.220. The predicted octanol–water partition coefficient (Wildman–Crippen LogP) is 2.20. The van der Waals surface area contributed by atoms with Gasteiger partial charge in [0.25, 0.3) is 0 Å². The normalized spacial score (nSPS) is 29.9. The minimum absolute atomic E-state index is 0.0399. The molecule has 1 saturated heterocycles. The molecule has 0 aromatic rings. The molecule has 2 aliphatic rings. The van der Waals surface area contributed by atoms with Gasteiger partial charge >= 0.3 is 5.97 Å². The van der Waals surface area contributed by atoms with Crippen molar-refractivity contribution in [3.05, 3.63) is 0 Å². The number of carbonyl (C=O) groups is 1. The van der Waals surface area contributed by atoms with Crippen LogP contribution in [0.4, 0.5) is 0 Å². The summed E-state index contributed by atoms with van der Waals surface area (Å²) in [7, 11) is 0. The number of hydrogen-bond acceptors (Lipinski definition) is 4. The second kappa shape index (κ2) is 5.61. The molecule has 1 N–H and O–H groups in total. The van der Waals surface area contributed by atoms with E-state index in [1.807, 2.05) is 11.8 Å². The van der Waals surface area contributed by atoms with Gasteiger partial charge < -0.3 is 10.1 Å². The van der Waals surface area contributed by atoms with Crippen LogP contribution in [0.5, 0.6) is 0 Å². The lowest BCUT2D eigenvalue weighted by Gasteiger charge is -2.34. The first-order valence-electron chi connectivity index (χ1n) is 6.58. The summed E-state index contributed by atoms with van der Waals surface area (Å²) >= 11 is 1.83. The summed E-state index contributed by atoms with van der Waals surface area (Å²) in [6.07, 6.45) is 4.54. The molecule has 0 radical (unpaired) electrons. The highest BCUT2D eigenvalue weighted by Crippen LogP contribution is 2.36. The highest BCUT2D eigenvalue weighted by atomic mass is 32.2. The van der Waals surface area contributed by atoms with Gasteiger partial charge in [-0.25, -0.2) is 0 Å². The van der Waals surface area contributed by atoms with Crippen molar-refractivity contribution in [3.8, 4) is 0 Å². The Balaban J connectivity index is 1.75. The van der Waals surface area contributed by atoms with Crippen LogP contribution in [0, 0.1) is 5.41 Å². The van der Waals surface area contributed by atoms with E-state index in [1.165, 1.54) is 0 Å². The number of ether oxygens (including phenoxy) is 1. The van der Waals surface area contributed by atoms with Crippen LogP contribution >= 0.6 is 11.8 Å². The van der Waals surface area contributed by atoms with Gasteiger partial charge in [0.15, 0.2) is 0 Å². The van der Waals surface area contributed by atoms with E-state index in [9.17, 15) is 4.79 Å². The van der Waals surface area contributed by atoms with Crippen molar-refractivity contribution >= 4 is 17.7 Å². The van der Waals surface area contributed by atoms with Gasteiger partial charge in [-0.2, -0.15) is 11.8 Å². The molecule has 0 aromatic heterocycles. The highest BCUT2D eigenvalue weighted by molar-refractivity contribution is 7.99. The molecule has 1 heterocycles. The molecule has 4 heteroatoms. The maximum Gasteiger partial charge on any atom is 0.324 e. The van der Waals surface area contributed by atoms with E-state index in [4.69, 9.17) is 4.74 Å². The standard InChI is InChI=1S/C13H23NO2S/c1-13(2)5-3-10(4-6-13)16-12(15)11-9-17-8-7-14-11/h10-11,14H,3-9H2,1-2H3. The lowest BCUT2D eigenvalue weighted by molar-refractivity contribution is -0.153. The largest absolute Gasteiger partial charge is 0.461 e. The molecule has 17 heavy (non-hydrogen) atoms. The first kappa shape index (κ1) is 13.2. The van der Waals surface area contributed by atoms with Gasteiger partial charge in [0, 0.05) is 18.1 Å². The van der Waals surface area contributed by atoms with Crippen molar-refractivity contribution in [2.45, 2.75) is 51.7 Å². The van der Waals surface area contributed by atoms with Crippen LogP contribution in [0.15, 0.2) is 0 Å². The van der Waals surface area contributed by atoms with Crippen molar-refractivity contribution in [3.63, 3.8) is 0 Å². The fourth-order valence-electron chi connectivity index (χ4n) is 2.45. The van der Waals surface area contributed by atoms with E-state index in [0.29, 0.717) is 5.41 Å². The average molecular weight is 257 g/mol. The Kier molecular flexibility index (Phi) is 4.36. The second-order valence-electron chi connectivity index (χ2n) is 5.88. The molecule has 1 saturated carbocycles. The van der Waals surface area contributed by atoms with Gasteiger partial charge in [-0.05, 0) is 31.1 Å². The number of hydrogen-bond donors (Lipinski definition) is 1. The Morgan fingerprint density at radius 2 is 2.06 bits per heavy atom. The van der Waals surface area contributed by atoms with Crippen LogP contribution < -0.4 is 5.32 Å². The van der Waals surface area contributed by atoms with Crippen LogP contribution in [0.25, 0.3) is 0 Å². The van der Waals surface area contributed by atoms with Gasteiger partial charge in [0.1, 0.15) is 12.1 Å². The Morgan fingerprint density at radius 3 is 2.65 bits per heavy atom. The Bertz CT molecular complexity index is 265. The fourth-order valence-corrected chi connectivity index (χ4v) is 3.37. The van der Waals surface area contributed by atoms with E-state index in [2.05, 4.69) is 19.2 Å². The lowest BCUT2D eigenvalue weighted by Crippen LogP contribution is -2.45. The number of rotatable bonds is 2. The maximum atomic E-state index is 11.9. The summed E-state index contributed by atoms with van der Waals surface area (Å²) < 4.78 is 5.61. The average Bonchev–Trinajstić information content (AvgIpc) is 2.33. The first-order valence-corrected chi connectivity index (χ1v) is 7.74. The van der Waals surface area contributed by atoms with Crippen LogP contribution in [0.1, 0.15) is 39.5 Å². The lowest BCUT2D eigenvalue weighted by atomic mass is 9.76. The van der Waals surface area contributed by atoms with Crippen LogP contribution in [0.2, 0.25) is 0 Å².